The van der Waals surface area contributed by atoms with Gasteiger partial charge in [0.05, 0.1) is 12.1 Å². The number of hydrogen-bond acceptors (Lipinski definition) is 3. The molecule has 3 aromatic rings. The molecule has 1 amide bonds. The van der Waals surface area contributed by atoms with Crippen molar-refractivity contribution in [3.63, 3.8) is 0 Å². The molecule has 1 aliphatic heterocycles. The SMILES string of the molecule is O=C(Cc1cc[n+](O)cc1)N1CCC([C@@H]2c3ncc(Br)cc3CCc3cc(Cl)cc(Br)c32)CC1. The molecule has 1 atom stereocenters. The highest BCUT2D eigenvalue weighted by Crippen LogP contribution is 2.46. The van der Waals surface area contributed by atoms with Crippen LogP contribution in [0.4, 0.5) is 0 Å². The molecule has 5 rings (SSSR count). The number of piperidine rings is 1. The number of carbonyl (C=O) groups is 1. The number of halogens is 3. The van der Waals surface area contributed by atoms with Crippen LogP contribution in [0.3, 0.4) is 0 Å². The maximum atomic E-state index is 12.9. The van der Waals surface area contributed by atoms with Gasteiger partial charge in [0, 0.05) is 56.0 Å². The summed E-state index contributed by atoms with van der Waals surface area (Å²) in [7, 11) is 0. The van der Waals surface area contributed by atoms with Crippen LogP contribution in [0.5, 0.6) is 0 Å². The minimum atomic E-state index is 0.130. The number of aryl methyl sites for hydroxylation is 2. The van der Waals surface area contributed by atoms with Crippen molar-refractivity contribution in [1.29, 1.82) is 0 Å². The van der Waals surface area contributed by atoms with Crippen molar-refractivity contribution in [3.8, 4) is 0 Å². The Morgan fingerprint density at radius 2 is 1.82 bits per heavy atom. The second-order valence-corrected chi connectivity index (χ2v) is 11.3. The van der Waals surface area contributed by atoms with Crippen LogP contribution in [0.25, 0.3) is 0 Å². The van der Waals surface area contributed by atoms with Crippen LogP contribution in [-0.2, 0) is 24.1 Å². The number of pyridine rings is 2. The van der Waals surface area contributed by atoms with E-state index in [2.05, 4.69) is 44.0 Å². The van der Waals surface area contributed by atoms with Gasteiger partial charge in [-0.3, -0.25) is 15.0 Å². The van der Waals surface area contributed by atoms with Crippen LogP contribution in [0.1, 0.15) is 46.7 Å². The van der Waals surface area contributed by atoms with E-state index < -0.39 is 0 Å². The average Bonchev–Trinajstić information content (AvgIpc) is 2.97. The number of benzene rings is 1. The average molecular weight is 607 g/mol. The summed E-state index contributed by atoms with van der Waals surface area (Å²) in [6.45, 7) is 1.47. The van der Waals surface area contributed by atoms with Crippen molar-refractivity contribution in [3.05, 3.63) is 90.8 Å². The third-order valence-corrected chi connectivity index (χ3v) is 8.33. The summed E-state index contributed by atoms with van der Waals surface area (Å²) in [5, 5.41) is 10.2. The first-order valence-electron chi connectivity index (χ1n) is 11.5. The monoisotopic (exact) mass is 604 g/mol. The third-order valence-electron chi connectivity index (χ3n) is 7.02. The molecular formula is C26H25Br2ClN3O2+. The van der Waals surface area contributed by atoms with Crippen LogP contribution < -0.4 is 4.73 Å². The molecule has 34 heavy (non-hydrogen) atoms. The van der Waals surface area contributed by atoms with Crippen LogP contribution in [-0.4, -0.2) is 34.1 Å². The van der Waals surface area contributed by atoms with E-state index in [1.54, 1.807) is 24.5 Å². The molecule has 176 valence electrons. The van der Waals surface area contributed by atoms with Crippen LogP contribution in [0, 0.1) is 5.92 Å². The smallest absolute Gasteiger partial charge is 0.226 e. The Labute approximate surface area is 221 Å². The highest BCUT2D eigenvalue weighted by molar-refractivity contribution is 9.10. The second kappa shape index (κ2) is 9.96. The topological polar surface area (TPSA) is 57.3 Å². The van der Waals surface area contributed by atoms with E-state index in [0.29, 0.717) is 12.3 Å². The first-order chi connectivity index (χ1) is 16.4. The summed E-state index contributed by atoms with van der Waals surface area (Å²) in [4.78, 5) is 19.8. The molecule has 2 aliphatic rings. The molecule has 0 spiro atoms. The molecule has 0 unspecified atom stereocenters. The van der Waals surface area contributed by atoms with Gasteiger partial charge in [-0.25, -0.2) is 0 Å². The molecule has 0 bridgehead atoms. The Morgan fingerprint density at radius 1 is 1.12 bits per heavy atom. The van der Waals surface area contributed by atoms with E-state index in [1.165, 1.54) is 16.7 Å². The molecule has 3 heterocycles. The number of fused-ring (bicyclic) bond motifs is 2. The largest absolute Gasteiger partial charge is 0.342 e. The van der Waals surface area contributed by atoms with Gasteiger partial charge in [0.25, 0.3) is 0 Å². The molecular weight excluding hydrogens is 582 g/mol. The lowest BCUT2D eigenvalue weighted by Crippen LogP contribution is -2.41. The number of aromatic nitrogens is 2. The number of likely N-dealkylation sites (tertiary alicyclic amines) is 1. The van der Waals surface area contributed by atoms with Gasteiger partial charge in [-0.1, -0.05) is 27.5 Å². The normalized spacial score (nSPS) is 18.2. The second-order valence-electron chi connectivity index (χ2n) is 9.12. The lowest BCUT2D eigenvalue weighted by molar-refractivity contribution is -0.904. The first-order valence-corrected chi connectivity index (χ1v) is 13.4. The van der Waals surface area contributed by atoms with E-state index in [4.69, 9.17) is 16.6 Å². The van der Waals surface area contributed by atoms with E-state index in [-0.39, 0.29) is 11.8 Å². The molecule has 0 saturated carbocycles. The summed E-state index contributed by atoms with van der Waals surface area (Å²) < 4.78 is 3.03. The Kier molecular flexibility index (Phi) is 6.96. The number of rotatable bonds is 3. The molecule has 1 aromatic carbocycles. The maximum Gasteiger partial charge on any atom is 0.226 e. The van der Waals surface area contributed by atoms with Crippen molar-refractivity contribution in [1.82, 2.24) is 9.88 Å². The molecule has 1 saturated heterocycles. The fraction of sp³-hybridized carbons (Fsp3) is 0.346. The fourth-order valence-electron chi connectivity index (χ4n) is 5.37. The quantitative estimate of drug-likeness (QED) is 0.317. The zero-order chi connectivity index (χ0) is 23.8. The van der Waals surface area contributed by atoms with Crippen LogP contribution in [0.2, 0.25) is 5.02 Å². The van der Waals surface area contributed by atoms with E-state index in [9.17, 15) is 10.0 Å². The summed E-state index contributed by atoms with van der Waals surface area (Å²) in [5.41, 5.74) is 5.91. The Balaban J connectivity index is 1.40. The minimum Gasteiger partial charge on any atom is -0.342 e. The zero-order valence-electron chi connectivity index (χ0n) is 18.6. The predicted molar refractivity (Wildman–Crippen MR) is 137 cm³/mol. The highest BCUT2D eigenvalue weighted by atomic mass is 79.9. The summed E-state index contributed by atoms with van der Waals surface area (Å²) >= 11 is 13.8. The van der Waals surface area contributed by atoms with Gasteiger partial charge >= 0.3 is 0 Å². The van der Waals surface area contributed by atoms with Crippen molar-refractivity contribution in [2.24, 2.45) is 5.92 Å². The molecule has 1 fully saturated rings. The van der Waals surface area contributed by atoms with E-state index in [0.717, 1.165) is 68.7 Å². The van der Waals surface area contributed by atoms with Gasteiger partial charge < -0.3 is 4.90 Å². The van der Waals surface area contributed by atoms with Gasteiger partial charge in [-0.15, -0.1) is 0 Å². The van der Waals surface area contributed by atoms with Crippen molar-refractivity contribution in [2.45, 2.75) is 38.0 Å². The van der Waals surface area contributed by atoms with Gasteiger partial charge in [-0.2, -0.15) is 0 Å². The van der Waals surface area contributed by atoms with Gasteiger partial charge in [0.15, 0.2) is 0 Å². The summed E-state index contributed by atoms with van der Waals surface area (Å²) in [6.07, 6.45) is 9.05. The van der Waals surface area contributed by atoms with E-state index in [1.807, 2.05) is 17.2 Å². The highest BCUT2D eigenvalue weighted by Gasteiger charge is 2.36. The lowest BCUT2D eigenvalue weighted by Gasteiger charge is -2.37. The molecule has 5 nitrogen and oxygen atoms in total. The number of hydrogen-bond donors (Lipinski definition) is 1. The maximum absolute atomic E-state index is 12.9. The molecule has 1 N–H and O–H groups in total. The van der Waals surface area contributed by atoms with Crippen molar-refractivity contribution < 1.29 is 14.7 Å². The summed E-state index contributed by atoms with van der Waals surface area (Å²) in [6, 6.07) is 9.84. The predicted octanol–water partition coefficient (Wildman–Crippen LogP) is 5.50. The number of carbonyl (C=O) groups excluding carboxylic acids is 1. The Hall–Kier alpha value is -1.96. The summed E-state index contributed by atoms with van der Waals surface area (Å²) in [5.74, 6) is 0.681. The van der Waals surface area contributed by atoms with Crippen molar-refractivity contribution in [2.75, 3.05) is 13.1 Å². The third kappa shape index (κ3) is 4.88. The van der Waals surface area contributed by atoms with Crippen molar-refractivity contribution >= 4 is 49.4 Å². The van der Waals surface area contributed by atoms with Crippen LogP contribution in [0.15, 0.2) is 57.9 Å². The Morgan fingerprint density at radius 3 is 2.56 bits per heavy atom. The lowest BCUT2D eigenvalue weighted by atomic mass is 9.76. The first kappa shape index (κ1) is 23.8. The van der Waals surface area contributed by atoms with Crippen LogP contribution >= 0.6 is 43.5 Å². The van der Waals surface area contributed by atoms with E-state index >= 15 is 0 Å². The van der Waals surface area contributed by atoms with Gasteiger partial charge in [-0.05, 0) is 88.0 Å². The Bertz CT molecular complexity index is 1230. The molecule has 2 aromatic heterocycles. The molecule has 1 aliphatic carbocycles. The van der Waals surface area contributed by atoms with Gasteiger partial charge in [0.1, 0.15) is 0 Å². The minimum absolute atomic E-state index is 0.130. The zero-order valence-corrected chi connectivity index (χ0v) is 22.5. The fourth-order valence-corrected chi connectivity index (χ4v) is 6.87. The van der Waals surface area contributed by atoms with Gasteiger partial charge in [0.2, 0.25) is 18.3 Å². The number of amides is 1. The molecule has 0 radical (unpaired) electrons. The number of nitrogens with zero attached hydrogens (tertiary/aromatic N) is 3. The molecule has 8 heteroatoms. The standard InChI is InChI=1S/C26H25Br2ClN3O2/c27-20-12-19-2-1-18-13-21(29)14-22(28)24(18)25(26(19)30-15-20)17-5-7-31(8-6-17)23(33)11-16-3-9-32(34)10-4-16/h3-4,9-10,12-15,17,25,34H,1-2,5-8,11H2/q+1/t25-/m0/s1.